The number of carbonyl (C=O) groups excluding carboxylic acids is 2. The molecule has 33 heavy (non-hydrogen) atoms. The number of hydrogen-bond acceptors (Lipinski definition) is 5. The van der Waals surface area contributed by atoms with E-state index in [1.165, 1.54) is 44.4 Å². The number of hydrogen-bond donors (Lipinski definition) is 1. The summed E-state index contributed by atoms with van der Waals surface area (Å²) in [6.07, 6.45) is 0. The lowest BCUT2D eigenvalue weighted by atomic mass is 10.0. The van der Waals surface area contributed by atoms with Gasteiger partial charge in [-0.05, 0) is 36.4 Å². The molecule has 0 saturated carbocycles. The average molecular weight is 507 g/mol. The first kappa shape index (κ1) is 24.7. The zero-order valence-electron chi connectivity index (χ0n) is 17.7. The zero-order chi connectivity index (χ0) is 24.2. The lowest BCUT2D eigenvalue weighted by Crippen LogP contribution is -2.23. The van der Waals surface area contributed by atoms with E-state index in [1.807, 2.05) is 0 Å². The van der Waals surface area contributed by atoms with Crippen molar-refractivity contribution in [2.24, 2.45) is 0 Å². The van der Waals surface area contributed by atoms with Crippen molar-refractivity contribution in [3.05, 3.63) is 87.9 Å². The first-order chi connectivity index (χ1) is 15.6. The van der Waals surface area contributed by atoms with Gasteiger partial charge in [0.2, 0.25) is 10.0 Å². The molecule has 7 nitrogen and oxygen atoms in total. The number of carbonyl (C=O) groups is 2. The Bertz CT molecular complexity index is 1300. The molecule has 0 spiro atoms. The quantitative estimate of drug-likeness (QED) is 0.454. The summed E-state index contributed by atoms with van der Waals surface area (Å²) in [6.45, 7) is -0.416. The highest BCUT2D eigenvalue weighted by Gasteiger charge is 2.20. The summed E-state index contributed by atoms with van der Waals surface area (Å²) in [5, 5.41) is 3.03. The molecule has 0 unspecified atom stereocenters. The van der Waals surface area contributed by atoms with E-state index < -0.39 is 22.5 Å². The summed E-state index contributed by atoms with van der Waals surface area (Å²) in [6, 6.07) is 17.1. The van der Waals surface area contributed by atoms with Crippen LogP contribution in [0.3, 0.4) is 0 Å². The molecule has 0 aromatic heterocycles. The van der Waals surface area contributed by atoms with E-state index in [4.69, 9.17) is 27.9 Å². The molecule has 0 radical (unpaired) electrons. The van der Waals surface area contributed by atoms with Gasteiger partial charge in [-0.3, -0.25) is 9.59 Å². The van der Waals surface area contributed by atoms with Crippen LogP contribution >= 0.6 is 23.2 Å². The number of rotatable bonds is 8. The minimum Gasteiger partial charge on any atom is -0.482 e. The fourth-order valence-corrected chi connectivity index (χ4v) is 4.26. The van der Waals surface area contributed by atoms with Crippen LogP contribution in [-0.2, 0) is 14.8 Å². The van der Waals surface area contributed by atoms with Crippen molar-refractivity contribution in [3.63, 3.8) is 0 Å². The molecule has 0 atom stereocenters. The van der Waals surface area contributed by atoms with Crippen molar-refractivity contribution in [2.45, 2.75) is 4.90 Å². The number of ketones is 1. The van der Waals surface area contributed by atoms with Crippen LogP contribution < -0.4 is 10.1 Å². The van der Waals surface area contributed by atoms with Crippen LogP contribution in [-0.4, -0.2) is 45.1 Å². The van der Waals surface area contributed by atoms with Crippen LogP contribution in [0.25, 0.3) is 0 Å². The number of anilines is 1. The van der Waals surface area contributed by atoms with E-state index in [0.717, 1.165) is 4.31 Å². The number of sulfonamides is 1. The molecule has 0 aliphatic heterocycles. The Morgan fingerprint density at radius 3 is 2.30 bits per heavy atom. The lowest BCUT2D eigenvalue weighted by Gasteiger charge is -2.14. The van der Waals surface area contributed by atoms with Gasteiger partial charge in [0.05, 0.1) is 15.6 Å². The Morgan fingerprint density at radius 1 is 0.970 bits per heavy atom. The van der Waals surface area contributed by atoms with E-state index in [0.29, 0.717) is 10.6 Å². The van der Waals surface area contributed by atoms with Gasteiger partial charge >= 0.3 is 0 Å². The molecule has 1 amide bonds. The topological polar surface area (TPSA) is 92.8 Å². The maximum Gasteiger partial charge on any atom is 0.262 e. The van der Waals surface area contributed by atoms with Crippen LogP contribution in [0.5, 0.6) is 5.75 Å². The van der Waals surface area contributed by atoms with Gasteiger partial charge in [0.15, 0.2) is 12.4 Å². The summed E-state index contributed by atoms with van der Waals surface area (Å²) in [5.41, 5.74) is 0.963. The van der Waals surface area contributed by atoms with Crippen LogP contribution in [0.15, 0.2) is 71.6 Å². The molecule has 3 aromatic carbocycles. The number of nitrogens with zero attached hydrogens (tertiary/aromatic N) is 1. The highest BCUT2D eigenvalue weighted by Crippen LogP contribution is 2.28. The molecule has 0 bridgehead atoms. The van der Waals surface area contributed by atoms with Crippen molar-refractivity contribution in [2.75, 3.05) is 26.0 Å². The largest absolute Gasteiger partial charge is 0.482 e. The first-order valence-corrected chi connectivity index (χ1v) is 11.8. The minimum atomic E-state index is -3.66. The standard InChI is InChI=1S/C23H20Cl2N2O5S/c1-27(2)33(30,31)17-9-11-21(19(25)13-17)32-14-22(28)26-20-10-8-16(24)12-18(20)23(29)15-6-4-3-5-7-15/h3-13H,14H2,1-2H3,(H,26,28). The van der Waals surface area contributed by atoms with Gasteiger partial charge in [-0.2, -0.15) is 0 Å². The van der Waals surface area contributed by atoms with Gasteiger partial charge in [-0.25, -0.2) is 12.7 Å². The maximum absolute atomic E-state index is 12.9. The molecule has 1 N–H and O–H groups in total. The van der Waals surface area contributed by atoms with Gasteiger partial charge in [-0.15, -0.1) is 0 Å². The number of ether oxygens (including phenoxy) is 1. The highest BCUT2D eigenvalue weighted by atomic mass is 35.5. The molecular formula is C23H20Cl2N2O5S. The number of halogens is 2. The maximum atomic E-state index is 12.9. The van der Waals surface area contributed by atoms with Crippen LogP contribution in [0.1, 0.15) is 15.9 Å². The molecule has 172 valence electrons. The molecule has 0 heterocycles. The van der Waals surface area contributed by atoms with E-state index in [2.05, 4.69) is 5.32 Å². The Kier molecular flexibility index (Phi) is 7.76. The van der Waals surface area contributed by atoms with Gasteiger partial charge < -0.3 is 10.1 Å². The van der Waals surface area contributed by atoms with Gasteiger partial charge in [0, 0.05) is 30.2 Å². The summed E-state index contributed by atoms with van der Waals surface area (Å²) in [7, 11) is -0.840. The van der Waals surface area contributed by atoms with Crippen LogP contribution in [0, 0.1) is 0 Å². The number of benzene rings is 3. The van der Waals surface area contributed by atoms with E-state index in [-0.39, 0.29) is 32.7 Å². The summed E-state index contributed by atoms with van der Waals surface area (Å²) >= 11 is 12.2. The van der Waals surface area contributed by atoms with Crippen molar-refractivity contribution in [1.29, 1.82) is 0 Å². The number of amides is 1. The predicted octanol–water partition coefficient (Wildman–Crippen LogP) is 4.49. The zero-order valence-corrected chi connectivity index (χ0v) is 20.0. The first-order valence-electron chi connectivity index (χ1n) is 9.63. The molecule has 0 saturated heterocycles. The molecule has 0 aliphatic carbocycles. The summed E-state index contributed by atoms with van der Waals surface area (Å²) in [4.78, 5) is 25.4. The smallest absolute Gasteiger partial charge is 0.262 e. The second-order valence-electron chi connectivity index (χ2n) is 7.10. The minimum absolute atomic E-state index is 0.000433. The third-order valence-electron chi connectivity index (χ3n) is 4.58. The van der Waals surface area contributed by atoms with Crippen molar-refractivity contribution >= 4 is 50.6 Å². The van der Waals surface area contributed by atoms with Crippen LogP contribution in [0.4, 0.5) is 5.69 Å². The highest BCUT2D eigenvalue weighted by molar-refractivity contribution is 7.89. The molecule has 0 aliphatic rings. The second kappa shape index (κ2) is 10.4. The van der Waals surface area contributed by atoms with Gasteiger partial charge in [0.25, 0.3) is 5.91 Å². The monoisotopic (exact) mass is 506 g/mol. The van der Waals surface area contributed by atoms with E-state index in [9.17, 15) is 18.0 Å². The van der Waals surface area contributed by atoms with Crippen molar-refractivity contribution in [3.8, 4) is 5.75 Å². The third-order valence-corrected chi connectivity index (χ3v) is 6.92. The predicted molar refractivity (Wildman–Crippen MR) is 128 cm³/mol. The summed E-state index contributed by atoms with van der Waals surface area (Å²) < 4.78 is 30.9. The fraction of sp³-hybridized carbons (Fsp3) is 0.130. The molecule has 10 heteroatoms. The normalized spacial score (nSPS) is 11.3. The SMILES string of the molecule is CN(C)S(=O)(=O)c1ccc(OCC(=O)Nc2ccc(Cl)cc2C(=O)c2ccccc2)c(Cl)c1. The Morgan fingerprint density at radius 2 is 1.67 bits per heavy atom. The number of nitrogens with one attached hydrogen (secondary N) is 1. The van der Waals surface area contributed by atoms with Crippen molar-refractivity contribution < 1.29 is 22.7 Å². The molecule has 0 fully saturated rings. The summed E-state index contributed by atoms with van der Waals surface area (Å²) in [5.74, 6) is -0.697. The molecule has 3 rings (SSSR count). The van der Waals surface area contributed by atoms with Crippen molar-refractivity contribution in [1.82, 2.24) is 4.31 Å². The fourth-order valence-electron chi connectivity index (χ4n) is 2.86. The Balaban J connectivity index is 1.73. The van der Waals surface area contributed by atoms with E-state index >= 15 is 0 Å². The molecular weight excluding hydrogens is 487 g/mol. The average Bonchev–Trinajstić information content (AvgIpc) is 2.79. The van der Waals surface area contributed by atoms with E-state index in [1.54, 1.807) is 36.4 Å². The molecule has 3 aromatic rings. The Hall–Kier alpha value is -2.91. The van der Waals surface area contributed by atoms with Crippen LogP contribution in [0.2, 0.25) is 10.0 Å². The lowest BCUT2D eigenvalue weighted by molar-refractivity contribution is -0.118. The van der Waals surface area contributed by atoms with Gasteiger partial charge in [-0.1, -0.05) is 53.5 Å². The Labute approximate surface area is 201 Å². The van der Waals surface area contributed by atoms with Gasteiger partial charge in [0.1, 0.15) is 5.75 Å². The second-order valence-corrected chi connectivity index (χ2v) is 10.1. The third kappa shape index (κ3) is 5.91.